The number of aryl methyl sites for hydroxylation is 1. The first kappa shape index (κ1) is 27.5. The second-order valence-corrected chi connectivity index (χ2v) is 8.15. The number of urea groups is 1. The van der Waals surface area contributed by atoms with Crippen LogP contribution in [0.5, 0.6) is 0 Å². The summed E-state index contributed by atoms with van der Waals surface area (Å²) in [5, 5.41) is 33.6. The maximum Gasteiger partial charge on any atom is 0.341 e. The Kier molecular flexibility index (Phi) is 10.9. The van der Waals surface area contributed by atoms with Crippen LogP contribution in [-0.2, 0) is 11.2 Å². The van der Waals surface area contributed by atoms with E-state index in [9.17, 15) is 24.7 Å². The molecule has 0 aliphatic heterocycles. The summed E-state index contributed by atoms with van der Waals surface area (Å²) in [6.45, 7) is 3.49. The van der Waals surface area contributed by atoms with E-state index in [0.717, 1.165) is 17.5 Å². The van der Waals surface area contributed by atoms with Crippen LogP contribution in [0.15, 0.2) is 48.5 Å². The highest BCUT2D eigenvalue weighted by Gasteiger charge is 2.26. The van der Waals surface area contributed by atoms with E-state index in [4.69, 9.17) is 5.26 Å². The molecule has 0 saturated carbocycles. The average Bonchev–Trinajstić information content (AvgIpc) is 2.87. The maximum absolute atomic E-state index is 12.7. The van der Waals surface area contributed by atoms with Gasteiger partial charge in [-0.05, 0) is 48.6 Å². The Balaban J connectivity index is 1.91. The number of amides is 3. The Bertz CT molecular complexity index is 1030. The zero-order chi connectivity index (χ0) is 25.8. The summed E-state index contributed by atoms with van der Waals surface area (Å²) < 4.78 is 0. The lowest BCUT2D eigenvalue weighted by Gasteiger charge is -2.21. The van der Waals surface area contributed by atoms with E-state index in [-0.39, 0.29) is 32.4 Å². The number of hydrogen-bond donors (Lipinski definition) is 4. The van der Waals surface area contributed by atoms with E-state index in [1.807, 2.05) is 30.3 Å². The van der Waals surface area contributed by atoms with Gasteiger partial charge in [0.05, 0.1) is 25.1 Å². The second kappa shape index (κ2) is 13.8. The van der Waals surface area contributed by atoms with Gasteiger partial charge in [-0.2, -0.15) is 5.26 Å². The van der Waals surface area contributed by atoms with Crippen molar-refractivity contribution in [3.05, 3.63) is 59.7 Å². The Labute approximate surface area is 205 Å². The molecule has 35 heavy (non-hydrogen) atoms. The first-order valence-electron chi connectivity index (χ1n) is 11.6. The predicted molar refractivity (Wildman–Crippen MR) is 131 cm³/mol. The third-order valence-electron chi connectivity index (χ3n) is 5.50. The van der Waals surface area contributed by atoms with Crippen LogP contribution < -0.4 is 10.6 Å². The van der Waals surface area contributed by atoms with Crippen molar-refractivity contribution < 1.29 is 24.7 Å². The van der Waals surface area contributed by atoms with Crippen molar-refractivity contribution in [3.63, 3.8) is 0 Å². The average molecular weight is 481 g/mol. The van der Waals surface area contributed by atoms with Crippen molar-refractivity contribution in [2.75, 3.05) is 13.1 Å². The number of nitriles is 1. The molecule has 0 unspecified atom stereocenters. The van der Waals surface area contributed by atoms with Gasteiger partial charge in [-0.25, -0.2) is 9.86 Å². The van der Waals surface area contributed by atoms with Crippen molar-refractivity contribution in [1.29, 1.82) is 5.26 Å². The van der Waals surface area contributed by atoms with Crippen molar-refractivity contribution in [3.8, 4) is 17.2 Å². The molecular formula is C26H32N4O5. The smallest absolute Gasteiger partial charge is 0.341 e. The lowest BCUT2D eigenvalue weighted by molar-refractivity contribution is -0.123. The van der Waals surface area contributed by atoms with E-state index in [2.05, 4.69) is 29.7 Å². The van der Waals surface area contributed by atoms with Crippen LogP contribution >= 0.6 is 0 Å². The third kappa shape index (κ3) is 8.52. The zero-order valence-corrected chi connectivity index (χ0v) is 20.0. The first-order valence-corrected chi connectivity index (χ1v) is 11.6. The molecule has 3 amide bonds. The molecule has 9 heteroatoms. The molecule has 0 fully saturated rings. The van der Waals surface area contributed by atoms with Crippen molar-refractivity contribution in [2.45, 2.75) is 51.7 Å². The van der Waals surface area contributed by atoms with E-state index in [0.29, 0.717) is 10.6 Å². The van der Waals surface area contributed by atoms with Crippen LogP contribution in [0.25, 0.3) is 11.1 Å². The lowest BCUT2D eigenvalue weighted by atomic mass is 10.0. The first-order chi connectivity index (χ1) is 16.8. The van der Waals surface area contributed by atoms with Gasteiger partial charge in [-0.3, -0.25) is 14.8 Å². The number of rotatable bonds is 12. The number of hydroxylamine groups is 2. The molecule has 0 aromatic heterocycles. The SMILES string of the molecule is CCc1ccc(-c2ccc(C(=O)N[C@H](C(=O)CCCN(O)C(=O)NCCC#N)[C@@H](C)O)cc2)cc1. The molecule has 0 saturated heterocycles. The molecule has 186 valence electrons. The molecule has 0 aliphatic carbocycles. The Morgan fingerprint density at radius 3 is 2.20 bits per heavy atom. The number of nitrogens with zero attached hydrogens (tertiary/aromatic N) is 2. The van der Waals surface area contributed by atoms with Crippen molar-refractivity contribution in [1.82, 2.24) is 15.7 Å². The molecule has 0 radical (unpaired) electrons. The molecule has 2 aromatic rings. The minimum atomic E-state index is -1.12. The molecular weight excluding hydrogens is 448 g/mol. The van der Waals surface area contributed by atoms with E-state index >= 15 is 0 Å². The van der Waals surface area contributed by atoms with Gasteiger partial charge >= 0.3 is 6.03 Å². The fraction of sp³-hybridized carbons (Fsp3) is 0.385. The number of nitrogens with one attached hydrogen (secondary N) is 2. The number of carbonyl (C=O) groups is 3. The van der Waals surface area contributed by atoms with Gasteiger partial charge in [0.25, 0.3) is 5.91 Å². The van der Waals surface area contributed by atoms with Crippen LogP contribution in [0.4, 0.5) is 4.79 Å². The van der Waals surface area contributed by atoms with Gasteiger partial charge in [0, 0.05) is 18.5 Å². The van der Waals surface area contributed by atoms with Crippen LogP contribution in [0.1, 0.15) is 49.0 Å². The van der Waals surface area contributed by atoms with Gasteiger partial charge < -0.3 is 15.7 Å². The number of ketones is 1. The minimum Gasteiger partial charge on any atom is -0.391 e. The van der Waals surface area contributed by atoms with Gasteiger partial charge in [0.1, 0.15) is 6.04 Å². The van der Waals surface area contributed by atoms with Crippen LogP contribution in [0, 0.1) is 11.3 Å². The molecule has 2 rings (SSSR count). The predicted octanol–water partition coefficient (Wildman–Crippen LogP) is 3.06. The summed E-state index contributed by atoms with van der Waals surface area (Å²) in [6.07, 6.45) is 0.0148. The van der Waals surface area contributed by atoms with Gasteiger partial charge in [-0.1, -0.05) is 43.3 Å². The number of Topliss-reactive ketones (excluding diaryl/α,β-unsaturated/α-hetero) is 1. The molecule has 2 aromatic carbocycles. The van der Waals surface area contributed by atoms with Crippen molar-refractivity contribution in [2.24, 2.45) is 0 Å². The normalized spacial score (nSPS) is 12.2. The van der Waals surface area contributed by atoms with Crippen molar-refractivity contribution >= 4 is 17.7 Å². The molecule has 2 atom stereocenters. The Morgan fingerprint density at radius 1 is 1.06 bits per heavy atom. The number of carbonyl (C=O) groups excluding carboxylic acids is 3. The largest absolute Gasteiger partial charge is 0.391 e. The number of aliphatic hydroxyl groups is 1. The minimum absolute atomic E-state index is 0.0644. The lowest BCUT2D eigenvalue weighted by Crippen LogP contribution is -2.48. The number of benzene rings is 2. The standard InChI is InChI=1S/C26H32N4O5/c1-3-19-7-9-20(10-8-19)21-11-13-22(14-12-21)25(33)29-24(18(2)31)23(32)6-4-17-30(35)26(34)28-16-5-15-27/h7-14,18,24,31,35H,3-6,16-17H2,1-2H3,(H,28,34)(H,29,33)/t18-,24+/m1/s1. The fourth-order valence-corrected chi connectivity index (χ4v) is 3.42. The Hall–Kier alpha value is -3.74. The highest BCUT2D eigenvalue weighted by atomic mass is 16.5. The summed E-state index contributed by atoms with van der Waals surface area (Å²) in [7, 11) is 0. The quantitative estimate of drug-likeness (QED) is 0.209. The van der Waals surface area contributed by atoms with Gasteiger partial charge in [0.15, 0.2) is 5.78 Å². The summed E-state index contributed by atoms with van der Waals surface area (Å²) >= 11 is 0. The van der Waals surface area contributed by atoms with Crippen LogP contribution in [0.2, 0.25) is 0 Å². The molecule has 0 aliphatic rings. The van der Waals surface area contributed by atoms with Gasteiger partial charge in [0.2, 0.25) is 0 Å². The summed E-state index contributed by atoms with van der Waals surface area (Å²) in [4.78, 5) is 36.9. The monoisotopic (exact) mass is 480 g/mol. The molecule has 4 N–H and O–H groups in total. The zero-order valence-electron chi connectivity index (χ0n) is 20.0. The van der Waals surface area contributed by atoms with E-state index in [1.165, 1.54) is 12.5 Å². The summed E-state index contributed by atoms with van der Waals surface area (Å²) in [5.74, 6) is -0.906. The van der Waals surface area contributed by atoms with Crippen LogP contribution in [0.3, 0.4) is 0 Å². The summed E-state index contributed by atoms with van der Waals surface area (Å²) in [6, 6.07) is 15.1. The van der Waals surface area contributed by atoms with Crippen LogP contribution in [-0.4, -0.2) is 58.3 Å². The topological polar surface area (TPSA) is 143 Å². The van der Waals surface area contributed by atoms with E-state index < -0.39 is 29.9 Å². The Morgan fingerprint density at radius 2 is 1.66 bits per heavy atom. The maximum atomic E-state index is 12.7. The molecule has 9 nitrogen and oxygen atoms in total. The summed E-state index contributed by atoms with van der Waals surface area (Å²) in [5.41, 5.74) is 3.58. The fourth-order valence-electron chi connectivity index (χ4n) is 3.42. The van der Waals surface area contributed by atoms with E-state index in [1.54, 1.807) is 12.1 Å². The number of hydrogen-bond acceptors (Lipinski definition) is 6. The third-order valence-corrected chi connectivity index (χ3v) is 5.50. The highest BCUT2D eigenvalue weighted by molar-refractivity contribution is 5.98. The second-order valence-electron chi connectivity index (χ2n) is 8.15. The highest BCUT2D eigenvalue weighted by Crippen LogP contribution is 2.21. The number of aliphatic hydroxyl groups excluding tert-OH is 1. The van der Waals surface area contributed by atoms with Gasteiger partial charge in [-0.15, -0.1) is 0 Å². The molecule has 0 bridgehead atoms. The molecule has 0 heterocycles. The molecule has 0 spiro atoms.